The number of amides is 1. The molecule has 1 aromatic heterocycles. The molecule has 1 aliphatic heterocycles. The fraction of sp³-hybridized carbons (Fsp3) is 0.286. The minimum absolute atomic E-state index is 0.137. The van der Waals surface area contributed by atoms with Gasteiger partial charge in [-0.2, -0.15) is 13.2 Å². The Morgan fingerprint density at radius 2 is 1.69 bits per heavy atom. The quantitative estimate of drug-likeness (QED) is 0.651. The second-order valence-corrected chi connectivity index (χ2v) is 7.05. The minimum atomic E-state index is -4.44. The van der Waals surface area contributed by atoms with Crippen molar-refractivity contribution in [2.75, 3.05) is 29.9 Å². The van der Waals surface area contributed by atoms with E-state index in [0.717, 1.165) is 17.6 Å². The highest BCUT2D eigenvalue weighted by atomic mass is 19.4. The van der Waals surface area contributed by atoms with Crippen molar-refractivity contribution in [3.05, 3.63) is 59.7 Å². The van der Waals surface area contributed by atoms with Crippen molar-refractivity contribution in [2.45, 2.75) is 19.0 Å². The van der Waals surface area contributed by atoms with Crippen LogP contribution < -0.4 is 9.80 Å². The van der Waals surface area contributed by atoms with Crippen LogP contribution in [-0.4, -0.2) is 36.0 Å². The van der Waals surface area contributed by atoms with Gasteiger partial charge in [-0.1, -0.05) is 30.3 Å². The van der Waals surface area contributed by atoms with Crippen LogP contribution >= 0.6 is 0 Å². The molecule has 0 aliphatic carbocycles. The summed E-state index contributed by atoms with van der Waals surface area (Å²) in [6, 6.07) is 12.3. The number of hydrogen-bond acceptors (Lipinski definition) is 4. The lowest BCUT2D eigenvalue weighted by molar-refractivity contribution is -0.137. The number of rotatable bonds is 2. The van der Waals surface area contributed by atoms with E-state index in [4.69, 9.17) is 0 Å². The summed E-state index contributed by atoms with van der Waals surface area (Å²) in [4.78, 5) is 25.8. The number of alkyl halides is 3. The van der Waals surface area contributed by atoms with Crippen LogP contribution in [0.5, 0.6) is 0 Å². The second-order valence-electron chi connectivity index (χ2n) is 7.05. The minimum Gasteiger partial charge on any atom is -0.357 e. The zero-order chi connectivity index (χ0) is 20.6. The van der Waals surface area contributed by atoms with Gasteiger partial charge in [-0.3, -0.25) is 9.69 Å². The Morgan fingerprint density at radius 1 is 1.00 bits per heavy atom. The van der Waals surface area contributed by atoms with Crippen LogP contribution in [0.25, 0.3) is 11.0 Å². The molecule has 0 saturated carbocycles. The Hall–Kier alpha value is -3.16. The van der Waals surface area contributed by atoms with Gasteiger partial charge < -0.3 is 4.90 Å². The van der Waals surface area contributed by atoms with E-state index in [1.165, 1.54) is 12.1 Å². The summed E-state index contributed by atoms with van der Waals surface area (Å²) in [5.41, 5.74) is 0.950. The summed E-state index contributed by atoms with van der Waals surface area (Å²) in [7, 11) is 1.89. The number of carbonyl (C=O) groups excluding carboxylic acids is 1. The van der Waals surface area contributed by atoms with Gasteiger partial charge in [0.05, 0.1) is 23.0 Å². The molecule has 2 heterocycles. The van der Waals surface area contributed by atoms with E-state index in [1.807, 2.05) is 36.2 Å². The molecule has 1 aliphatic rings. The molecule has 4 rings (SSSR count). The van der Waals surface area contributed by atoms with Crippen molar-refractivity contribution in [1.29, 1.82) is 0 Å². The van der Waals surface area contributed by atoms with Crippen molar-refractivity contribution >= 4 is 28.6 Å². The molecule has 5 nitrogen and oxygen atoms in total. The highest BCUT2D eigenvalue weighted by Crippen LogP contribution is 2.32. The SMILES string of the molecule is CN1CCCN(C(=O)Cc2cccc(C(F)(F)F)c2)c2nc3ccccc3nc21. The summed E-state index contributed by atoms with van der Waals surface area (Å²) in [5.74, 6) is 0.740. The average Bonchev–Trinajstić information content (AvgIpc) is 2.85. The number of carbonyl (C=O) groups is 1. The van der Waals surface area contributed by atoms with Gasteiger partial charge in [-0.15, -0.1) is 0 Å². The summed E-state index contributed by atoms with van der Waals surface area (Å²) >= 11 is 0. The third kappa shape index (κ3) is 3.87. The maximum absolute atomic E-state index is 13.0. The van der Waals surface area contributed by atoms with Gasteiger partial charge in [-0.05, 0) is 30.2 Å². The Labute approximate surface area is 165 Å². The van der Waals surface area contributed by atoms with Crippen LogP contribution in [0.15, 0.2) is 48.5 Å². The molecule has 0 spiro atoms. The maximum atomic E-state index is 13.0. The number of fused-ring (bicyclic) bond motifs is 2. The monoisotopic (exact) mass is 400 g/mol. The summed E-state index contributed by atoms with van der Waals surface area (Å²) in [6.45, 7) is 1.13. The van der Waals surface area contributed by atoms with E-state index in [9.17, 15) is 18.0 Å². The maximum Gasteiger partial charge on any atom is 0.416 e. The third-order valence-corrected chi connectivity index (χ3v) is 4.94. The largest absolute Gasteiger partial charge is 0.416 e. The lowest BCUT2D eigenvalue weighted by atomic mass is 10.1. The van der Waals surface area contributed by atoms with Gasteiger partial charge in [0, 0.05) is 20.1 Å². The average molecular weight is 400 g/mol. The second kappa shape index (κ2) is 7.35. The molecule has 2 aromatic carbocycles. The number of halogens is 3. The van der Waals surface area contributed by atoms with Gasteiger partial charge >= 0.3 is 6.18 Å². The smallest absolute Gasteiger partial charge is 0.357 e. The van der Waals surface area contributed by atoms with E-state index in [0.29, 0.717) is 42.2 Å². The van der Waals surface area contributed by atoms with Crippen LogP contribution in [0.4, 0.5) is 24.8 Å². The van der Waals surface area contributed by atoms with E-state index in [2.05, 4.69) is 9.97 Å². The van der Waals surface area contributed by atoms with E-state index in [-0.39, 0.29) is 12.3 Å². The highest BCUT2D eigenvalue weighted by Gasteiger charge is 2.31. The molecule has 1 amide bonds. The van der Waals surface area contributed by atoms with Gasteiger partial charge in [0.2, 0.25) is 5.91 Å². The molecule has 0 fully saturated rings. The van der Waals surface area contributed by atoms with Crippen LogP contribution in [0.3, 0.4) is 0 Å². The molecule has 150 valence electrons. The van der Waals surface area contributed by atoms with Crippen molar-refractivity contribution < 1.29 is 18.0 Å². The fourth-order valence-corrected chi connectivity index (χ4v) is 3.47. The Bertz CT molecular complexity index is 1070. The Kier molecular flexibility index (Phi) is 4.86. The van der Waals surface area contributed by atoms with E-state index < -0.39 is 11.7 Å². The van der Waals surface area contributed by atoms with Crippen LogP contribution in [-0.2, 0) is 17.4 Å². The normalized spacial score (nSPS) is 14.6. The molecular weight excluding hydrogens is 381 g/mol. The van der Waals surface area contributed by atoms with Crippen molar-refractivity contribution in [3.63, 3.8) is 0 Å². The number of benzene rings is 2. The van der Waals surface area contributed by atoms with E-state index in [1.54, 1.807) is 4.90 Å². The van der Waals surface area contributed by atoms with Gasteiger partial charge in [0.15, 0.2) is 11.6 Å². The predicted molar refractivity (Wildman–Crippen MR) is 105 cm³/mol. The molecule has 0 unspecified atom stereocenters. The molecule has 0 bridgehead atoms. The van der Waals surface area contributed by atoms with Crippen molar-refractivity contribution in [2.24, 2.45) is 0 Å². The fourth-order valence-electron chi connectivity index (χ4n) is 3.47. The first kappa shape index (κ1) is 19.2. The lowest BCUT2D eigenvalue weighted by Crippen LogP contribution is -2.33. The first-order chi connectivity index (χ1) is 13.8. The molecule has 0 atom stereocenters. The van der Waals surface area contributed by atoms with E-state index >= 15 is 0 Å². The number of anilines is 2. The molecule has 8 heteroatoms. The summed E-state index contributed by atoms with van der Waals surface area (Å²) < 4.78 is 38.9. The zero-order valence-corrected chi connectivity index (χ0v) is 15.8. The first-order valence-electron chi connectivity index (χ1n) is 9.27. The molecular formula is C21H19F3N4O. The number of nitrogens with zero attached hydrogens (tertiary/aromatic N) is 4. The van der Waals surface area contributed by atoms with Gasteiger partial charge in [-0.25, -0.2) is 9.97 Å². The van der Waals surface area contributed by atoms with Crippen LogP contribution in [0.1, 0.15) is 17.5 Å². The number of hydrogen-bond donors (Lipinski definition) is 0. The molecule has 0 N–H and O–H groups in total. The Morgan fingerprint density at radius 3 is 2.38 bits per heavy atom. The number of para-hydroxylation sites is 2. The van der Waals surface area contributed by atoms with Crippen molar-refractivity contribution in [1.82, 2.24) is 9.97 Å². The third-order valence-electron chi connectivity index (χ3n) is 4.94. The van der Waals surface area contributed by atoms with Crippen LogP contribution in [0, 0.1) is 0 Å². The molecule has 3 aromatic rings. The summed E-state index contributed by atoms with van der Waals surface area (Å²) in [5, 5.41) is 0. The van der Waals surface area contributed by atoms with Gasteiger partial charge in [0.1, 0.15) is 0 Å². The molecule has 0 radical (unpaired) electrons. The van der Waals surface area contributed by atoms with Gasteiger partial charge in [0.25, 0.3) is 0 Å². The molecule has 0 saturated heterocycles. The topological polar surface area (TPSA) is 49.3 Å². The summed E-state index contributed by atoms with van der Waals surface area (Å²) in [6.07, 6.45) is -3.87. The zero-order valence-electron chi connectivity index (χ0n) is 15.8. The van der Waals surface area contributed by atoms with Crippen LogP contribution in [0.2, 0.25) is 0 Å². The standard InChI is InChI=1S/C21H19F3N4O/c1-27-10-5-11-28(20-19(27)25-16-8-2-3-9-17(16)26-20)18(29)13-14-6-4-7-15(12-14)21(22,23)24/h2-4,6-9,12H,5,10-11,13H2,1H3. The predicted octanol–water partition coefficient (Wildman–Crippen LogP) is 4.06. The number of aromatic nitrogens is 2. The van der Waals surface area contributed by atoms with Crippen molar-refractivity contribution in [3.8, 4) is 0 Å². The lowest BCUT2D eigenvalue weighted by Gasteiger charge is -2.23. The first-order valence-corrected chi connectivity index (χ1v) is 9.27. The highest BCUT2D eigenvalue weighted by molar-refractivity contribution is 5.97. The molecule has 29 heavy (non-hydrogen) atoms. The Balaban J connectivity index is 1.69.